The average Bonchev–Trinajstić information content (AvgIpc) is 3.63. The van der Waals surface area contributed by atoms with Crippen molar-refractivity contribution < 1.29 is 88.4 Å². The molecule has 89 heavy (non-hydrogen) atoms. The minimum atomic E-state index is -1.24. The third-order valence-corrected chi connectivity index (χ3v) is 19.0. The van der Waals surface area contributed by atoms with Crippen molar-refractivity contribution in [3.05, 3.63) is 0 Å². The highest BCUT2D eigenvalue weighted by Gasteiger charge is 2.42. The van der Waals surface area contributed by atoms with Crippen LogP contribution in [-0.4, -0.2) is 306 Å². The van der Waals surface area contributed by atoms with Gasteiger partial charge in [-0.05, 0) is 217 Å². The Morgan fingerprint density at radius 3 is 1.19 bits per heavy atom. The van der Waals surface area contributed by atoms with Crippen molar-refractivity contribution in [3.63, 3.8) is 0 Å². The predicted octanol–water partition coefficient (Wildman–Crippen LogP) is 4.55. The lowest BCUT2D eigenvalue weighted by Gasteiger charge is -2.39. The van der Waals surface area contributed by atoms with E-state index in [4.69, 9.17) is 52.5 Å². The minimum Gasteiger partial charge on any atom is -0.870 e. The first kappa shape index (κ1) is 88.1. The van der Waals surface area contributed by atoms with Gasteiger partial charge in [-0.2, -0.15) is 0 Å². The van der Waals surface area contributed by atoms with Gasteiger partial charge >= 0.3 is 0 Å². The number of quaternary nitrogens is 1. The molecule has 0 aromatic heterocycles. The molecule has 0 aliphatic carbocycles. The van der Waals surface area contributed by atoms with Crippen LogP contribution in [0, 0.1) is 0 Å². The van der Waals surface area contributed by atoms with Gasteiger partial charge in [0, 0.05) is 51.2 Å². The van der Waals surface area contributed by atoms with Crippen LogP contribution in [0.3, 0.4) is 0 Å². The van der Waals surface area contributed by atoms with Gasteiger partial charge in [0.25, 0.3) is 0 Å². The van der Waals surface area contributed by atoms with Gasteiger partial charge in [0.15, 0.2) is 0 Å². The predicted molar refractivity (Wildman–Crippen MR) is 352 cm³/mol. The molecule has 0 aromatic rings. The molecule has 8 heterocycles. The fourth-order valence-electron chi connectivity index (χ4n) is 13.3. The van der Waals surface area contributed by atoms with Gasteiger partial charge in [-0.25, -0.2) is 0 Å². The second kappa shape index (κ2) is 45.5. The molecule has 8 fully saturated rings. The smallest absolute Gasteiger partial charge is 0.113 e. The Balaban J connectivity index is 0.000000994. The molecule has 22 nitrogen and oxygen atoms in total. The van der Waals surface area contributed by atoms with Crippen molar-refractivity contribution in [1.29, 1.82) is 0 Å². The second-order valence-corrected chi connectivity index (χ2v) is 27.6. The number of ether oxygens (including phenoxy) is 10. The van der Waals surface area contributed by atoms with Gasteiger partial charge in [-0.1, -0.05) is 0 Å². The van der Waals surface area contributed by atoms with Crippen LogP contribution in [0.25, 0.3) is 0 Å². The zero-order chi connectivity index (χ0) is 67.4. The number of rotatable bonds is 8. The maximum absolute atomic E-state index is 9.56. The third-order valence-electron chi connectivity index (χ3n) is 19.0. The number of methoxy groups -OCH3 is 2. The Morgan fingerprint density at radius 1 is 0.404 bits per heavy atom. The summed E-state index contributed by atoms with van der Waals surface area (Å²) in [6.07, 6.45) is 12.7. The summed E-state index contributed by atoms with van der Waals surface area (Å²) < 4.78 is 55.0. The van der Waals surface area contributed by atoms with E-state index in [1.165, 1.54) is 56.3 Å². The lowest BCUT2D eigenvalue weighted by Crippen LogP contribution is -3.11. The van der Waals surface area contributed by atoms with Crippen molar-refractivity contribution in [2.24, 2.45) is 0 Å². The van der Waals surface area contributed by atoms with Crippen LogP contribution in [-0.2, 0) is 47.4 Å². The Kier molecular flexibility index (Phi) is 45.1. The molecular weight excluding hydrogens is 1150 g/mol. The lowest BCUT2D eigenvalue weighted by atomic mass is 9.96. The van der Waals surface area contributed by atoms with Gasteiger partial charge in [-0.15, -0.1) is 0 Å². The fraction of sp³-hybridized carbons (Fsp3) is 1.00. The molecule has 8 aliphatic heterocycles. The first-order valence-electron chi connectivity index (χ1n) is 33.8. The van der Waals surface area contributed by atoms with E-state index in [9.17, 15) is 25.5 Å². The van der Waals surface area contributed by atoms with E-state index in [-0.39, 0.29) is 67.0 Å². The molecule has 8 aliphatic rings. The third kappa shape index (κ3) is 32.1. The SMILES string of the molecule is CN[C@H]1CC[C@H](C)O[C@@H]1C.COC1[C@@H](C)O[C@@H](C)C[C@H]1OC.C[C@@H]1O[C@H](C)[C@@H](N(C)C)C[C@H]1O.C[C@@H]1O[C@H](CO)[C@@H](O)[C@H](O)[C@H]1O.C[C@H]1CC[C@@H](N(C)C)[C@@H](C)O1.C[C@H]1CC[C@H](N(C)C)[C@@H](C)O1.C[C@H]1CC[C@H](O)[C@@H](C)O1.C[C@H]1CC[C@H]([NH+](C)C)[C@@H](C)O1.[OH-]. The highest BCUT2D eigenvalue weighted by molar-refractivity contribution is 4.91. The number of aliphatic hydroxyl groups excluding tert-OH is 6. The van der Waals surface area contributed by atoms with Crippen molar-refractivity contribution in [2.45, 2.75) is 352 Å². The van der Waals surface area contributed by atoms with Crippen LogP contribution >= 0.6 is 0 Å². The summed E-state index contributed by atoms with van der Waals surface area (Å²) in [6.45, 7) is 30.5. The highest BCUT2D eigenvalue weighted by Crippen LogP contribution is 2.27. The molecule has 28 atom stereocenters. The number of likely N-dealkylation sites (N-methyl/N-ethyl adjacent to an activating group) is 5. The van der Waals surface area contributed by atoms with E-state index in [1.807, 2.05) is 48.8 Å². The molecule has 8 saturated heterocycles. The van der Waals surface area contributed by atoms with Gasteiger partial charge in [-0.3, -0.25) is 0 Å². The molecule has 9 N–H and O–H groups in total. The molecular formula is C67H141N5O17. The molecule has 0 spiro atoms. The molecule has 8 rings (SSSR count). The monoisotopic (exact) mass is 1290 g/mol. The summed E-state index contributed by atoms with van der Waals surface area (Å²) in [5, 5.41) is 58.4. The van der Waals surface area contributed by atoms with E-state index in [1.54, 1.807) is 21.1 Å². The number of nitrogens with one attached hydrogen (secondary N) is 2. The summed E-state index contributed by atoms with van der Waals surface area (Å²) in [6, 6.07) is 2.84. The number of hydrogen-bond acceptors (Lipinski definition) is 21. The van der Waals surface area contributed by atoms with Crippen molar-refractivity contribution in [1.82, 2.24) is 20.0 Å². The van der Waals surface area contributed by atoms with Crippen LogP contribution in [0.2, 0.25) is 0 Å². The molecule has 1 unspecified atom stereocenters. The van der Waals surface area contributed by atoms with Crippen molar-refractivity contribution in [2.75, 3.05) is 84.3 Å². The normalized spacial score (nSPS) is 42.2. The lowest BCUT2D eigenvalue weighted by molar-refractivity contribution is -0.891. The van der Waals surface area contributed by atoms with E-state index in [0.29, 0.717) is 85.1 Å². The van der Waals surface area contributed by atoms with Crippen LogP contribution in [0.5, 0.6) is 0 Å². The van der Waals surface area contributed by atoms with Crippen LogP contribution in [0.1, 0.15) is 181 Å². The zero-order valence-electron chi connectivity index (χ0n) is 60.9. The summed E-state index contributed by atoms with van der Waals surface area (Å²) in [5.41, 5.74) is 0. The molecule has 22 heteroatoms. The fourth-order valence-corrected chi connectivity index (χ4v) is 13.3. The summed E-state index contributed by atoms with van der Waals surface area (Å²) in [7, 11) is 22.4. The quantitative estimate of drug-likeness (QED) is 0.166. The molecule has 536 valence electrons. The Labute approximate surface area is 542 Å². The van der Waals surface area contributed by atoms with Crippen molar-refractivity contribution >= 4 is 0 Å². The molecule has 0 amide bonds. The Morgan fingerprint density at radius 2 is 0.809 bits per heavy atom. The van der Waals surface area contributed by atoms with Gasteiger partial charge in [0.05, 0.1) is 124 Å². The summed E-state index contributed by atoms with van der Waals surface area (Å²) in [5.74, 6) is 0. The maximum atomic E-state index is 9.56. The first-order chi connectivity index (χ1) is 41.0. The summed E-state index contributed by atoms with van der Waals surface area (Å²) >= 11 is 0. The van der Waals surface area contributed by atoms with E-state index in [2.05, 4.69) is 132 Å². The van der Waals surface area contributed by atoms with Crippen LogP contribution < -0.4 is 10.2 Å². The average molecular weight is 1290 g/mol. The van der Waals surface area contributed by atoms with E-state index < -0.39 is 30.5 Å². The molecule has 0 saturated carbocycles. The number of hydrogen-bond donors (Lipinski definition) is 8. The zero-order valence-corrected chi connectivity index (χ0v) is 60.9. The van der Waals surface area contributed by atoms with Crippen molar-refractivity contribution in [3.8, 4) is 0 Å². The molecule has 0 radical (unpaired) electrons. The van der Waals surface area contributed by atoms with Gasteiger partial charge < -0.3 is 108 Å². The second-order valence-electron chi connectivity index (χ2n) is 27.6. The molecule has 0 bridgehead atoms. The maximum Gasteiger partial charge on any atom is 0.113 e. The van der Waals surface area contributed by atoms with Gasteiger partial charge in [0.2, 0.25) is 0 Å². The van der Waals surface area contributed by atoms with E-state index >= 15 is 0 Å². The highest BCUT2D eigenvalue weighted by atomic mass is 16.6. The largest absolute Gasteiger partial charge is 0.870 e. The first-order valence-corrected chi connectivity index (χ1v) is 33.8. The number of nitrogens with zero attached hydrogens (tertiary/aromatic N) is 3. The standard InChI is InChI=1S/C9H19NO2.3C9H19NO.C9H18O3.C8H17NO.C7H14O5.C7H14O2.H2O/c1-6-8(10(3)4)5-9(11)7(2)12-6;3*1-7-5-6-9(10(3)4)8(2)11-7;1-6-5-8(10-3)9(11-4)7(2)12-6;1-6-4-5-8(9-3)7(2)10-6;1-3-5(9)7(11)6(10)4(2-8)12-3;1-5-3-4-7(8)6(2)9-5;/h6-9,11H,5H2,1-4H3;3*7-9H,5-6H2,1-4H3;6-9H,5H2,1-4H3;6-9H,4-5H2,1-3H3;3-11H,2H2,1H3;5-8H,3-4H2,1-2H3;1H2/t6-,7+,8+,9-;7-,8+,9+;2*7-,8+,9-;6-,7+,8+,9?;6-,7+,8-;3-,4+,5-,6+,7+;5-,6+,7-;/m10000000./s1. The Hall–Kier alpha value is -0.880. The Bertz CT molecular complexity index is 1660. The summed E-state index contributed by atoms with van der Waals surface area (Å²) in [4.78, 5) is 8.15. The van der Waals surface area contributed by atoms with E-state index in [0.717, 1.165) is 25.7 Å². The minimum absolute atomic E-state index is 0. The van der Waals surface area contributed by atoms with Crippen LogP contribution in [0.4, 0.5) is 0 Å². The van der Waals surface area contributed by atoms with Crippen LogP contribution in [0.15, 0.2) is 0 Å². The molecule has 0 aromatic carbocycles. The topological polar surface area (TPSA) is 270 Å². The number of aliphatic hydroxyl groups is 6. The van der Waals surface area contributed by atoms with Gasteiger partial charge in [0.1, 0.15) is 42.7 Å².